The summed E-state index contributed by atoms with van der Waals surface area (Å²) in [5, 5.41) is 16.7. The highest BCUT2D eigenvalue weighted by Gasteiger charge is 2.40. The van der Waals surface area contributed by atoms with Crippen LogP contribution >= 0.6 is 0 Å². The van der Waals surface area contributed by atoms with Crippen molar-refractivity contribution >= 4 is 11.5 Å². The molecule has 0 radical (unpaired) electrons. The number of fused-ring (bicyclic) bond motifs is 1. The molecule has 0 amide bonds. The Balaban J connectivity index is 1.58. The molecular formula is C14H18F3N5O. The van der Waals surface area contributed by atoms with Crippen LogP contribution in [0.5, 0.6) is 0 Å². The summed E-state index contributed by atoms with van der Waals surface area (Å²) in [6, 6.07) is 3.64. The molecule has 0 aromatic carbocycles. The quantitative estimate of drug-likeness (QED) is 0.889. The van der Waals surface area contributed by atoms with Gasteiger partial charge in [0, 0.05) is 25.7 Å². The lowest BCUT2D eigenvalue weighted by atomic mass is 10.2. The third kappa shape index (κ3) is 3.73. The van der Waals surface area contributed by atoms with Gasteiger partial charge in [0.15, 0.2) is 11.8 Å². The number of nitrogens with one attached hydrogen (secondary N) is 1. The van der Waals surface area contributed by atoms with Crippen LogP contribution in [0.1, 0.15) is 12.1 Å². The predicted molar refractivity (Wildman–Crippen MR) is 78.3 cm³/mol. The lowest BCUT2D eigenvalue weighted by Gasteiger charge is -2.22. The minimum absolute atomic E-state index is 0.00463. The molecule has 0 unspecified atom stereocenters. The average molecular weight is 329 g/mol. The molecule has 2 aromatic heterocycles. The molecule has 2 aromatic rings. The molecule has 0 saturated carbocycles. The highest BCUT2D eigenvalue weighted by molar-refractivity contribution is 5.45. The summed E-state index contributed by atoms with van der Waals surface area (Å²) in [4.78, 5) is 5.89. The Morgan fingerprint density at radius 3 is 2.96 bits per heavy atom. The maximum absolute atomic E-state index is 12.4. The van der Waals surface area contributed by atoms with Gasteiger partial charge in [0.2, 0.25) is 0 Å². The average Bonchev–Trinajstić information content (AvgIpc) is 3.03. The number of alkyl halides is 3. The van der Waals surface area contributed by atoms with E-state index >= 15 is 0 Å². The number of likely N-dealkylation sites (tertiary alicyclic amines) is 1. The Morgan fingerprint density at radius 1 is 1.43 bits per heavy atom. The van der Waals surface area contributed by atoms with Crippen LogP contribution in [0.4, 0.5) is 19.0 Å². The SMILES string of the molecule is Cc1cn2nc(N[C@H]3CCN(C[C@H](O)C(F)(F)F)C3)ccc2n1. The summed E-state index contributed by atoms with van der Waals surface area (Å²) in [7, 11) is 0. The third-order valence-electron chi connectivity index (χ3n) is 3.87. The number of hydrogen-bond donors (Lipinski definition) is 2. The smallest absolute Gasteiger partial charge is 0.382 e. The van der Waals surface area contributed by atoms with Crippen molar-refractivity contribution in [1.82, 2.24) is 19.5 Å². The summed E-state index contributed by atoms with van der Waals surface area (Å²) >= 11 is 0. The van der Waals surface area contributed by atoms with Gasteiger partial charge in [-0.3, -0.25) is 4.90 Å². The summed E-state index contributed by atoms with van der Waals surface area (Å²) in [6.07, 6.45) is -4.36. The Kier molecular flexibility index (Phi) is 4.15. The Bertz CT molecular complexity index is 687. The van der Waals surface area contributed by atoms with E-state index in [1.54, 1.807) is 21.7 Å². The second kappa shape index (κ2) is 5.97. The molecule has 0 bridgehead atoms. The summed E-state index contributed by atoms with van der Waals surface area (Å²) in [5.41, 5.74) is 1.61. The molecule has 126 valence electrons. The summed E-state index contributed by atoms with van der Waals surface area (Å²) < 4.78 is 38.8. The number of aromatic nitrogens is 3. The number of aliphatic hydroxyl groups excluding tert-OH is 1. The molecule has 23 heavy (non-hydrogen) atoms. The molecule has 1 saturated heterocycles. The van der Waals surface area contributed by atoms with E-state index in [1.807, 2.05) is 13.0 Å². The number of rotatable bonds is 4. The normalized spacial score (nSPS) is 21.0. The molecule has 1 aliphatic rings. The van der Waals surface area contributed by atoms with Gasteiger partial charge in [0.05, 0.1) is 11.9 Å². The van der Waals surface area contributed by atoms with Crippen molar-refractivity contribution in [2.24, 2.45) is 0 Å². The molecule has 0 aliphatic carbocycles. The first-order chi connectivity index (χ1) is 10.8. The maximum atomic E-state index is 12.4. The van der Waals surface area contributed by atoms with Gasteiger partial charge in [-0.1, -0.05) is 0 Å². The van der Waals surface area contributed by atoms with Crippen LogP contribution < -0.4 is 5.32 Å². The third-order valence-corrected chi connectivity index (χ3v) is 3.87. The second-order valence-electron chi connectivity index (χ2n) is 5.85. The van der Waals surface area contributed by atoms with Crippen LogP contribution in [-0.4, -0.2) is 62.6 Å². The van der Waals surface area contributed by atoms with Crippen LogP contribution in [0.3, 0.4) is 0 Å². The van der Waals surface area contributed by atoms with Crippen LogP contribution in [0.25, 0.3) is 5.65 Å². The number of β-amino-alcohol motifs (C(OH)–C–C–N with tert-alkyl or cyclic N) is 1. The van der Waals surface area contributed by atoms with Gasteiger partial charge in [-0.15, -0.1) is 5.10 Å². The standard InChI is InChI=1S/C14H18F3N5O/c1-9-6-22-13(18-9)3-2-12(20-22)19-10-4-5-21(7-10)8-11(23)14(15,16)17/h2-3,6,10-11,23H,4-5,7-8H2,1H3,(H,19,20)/t10-,11-/m0/s1. The van der Waals surface area contributed by atoms with Crippen molar-refractivity contribution in [1.29, 1.82) is 0 Å². The van der Waals surface area contributed by atoms with E-state index in [1.165, 1.54) is 0 Å². The molecule has 6 nitrogen and oxygen atoms in total. The number of nitrogens with zero attached hydrogens (tertiary/aromatic N) is 4. The first kappa shape index (κ1) is 16.0. The van der Waals surface area contributed by atoms with Crippen LogP contribution in [0.2, 0.25) is 0 Å². The molecule has 0 spiro atoms. The van der Waals surface area contributed by atoms with Gasteiger partial charge in [0.1, 0.15) is 5.82 Å². The Hall–Kier alpha value is -1.87. The van der Waals surface area contributed by atoms with Gasteiger partial charge in [-0.05, 0) is 25.5 Å². The molecule has 9 heteroatoms. The largest absolute Gasteiger partial charge is 0.415 e. The number of aryl methyl sites for hydroxylation is 1. The van der Waals surface area contributed by atoms with E-state index in [4.69, 9.17) is 5.11 Å². The van der Waals surface area contributed by atoms with E-state index in [0.29, 0.717) is 25.3 Å². The van der Waals surface area contributed by atoms with E-state index in [9.17, 15) is 13.2 Å². The number of imidazole rings is 1. The van der Waals surface area contributed by atoms with Gasteiger partial charge < -0.3 is 10.4 Å². The van der Waals surface area contributed by atoms with E-state index in [-0.39, 0.29) is 6.04 Å². The fraction of sp³-hybridized carbons (Fsp3) is 0.571. The minimum atomic E-state index is -4.57. The van der Waals surface area contributed by atoms with Crippen LogP contribution in [-0.2, 0) is 0 Å². The van der Waals surface area contributed by atoms with E-state index in [0.717, 1.165) is 11.3 Å². The summed E-state index contributed by atoms with van der Waals surface area (Å²) in [6.45, 7) is 2.44. The highest BCUT2D eigenvalue weighted by Crippen LogP contribution is 2.23. The zero-order valence-corrected chi connectivity index (χ0v) is 12.6. The van der Waals surface area contributed by atoms with Crippen molar-refractivity contribution in [3.05, 3.63) is 24.0 Å². The summed E-state index contributed by atoms with van der Waals surface area (Å²) in [5.74, 6) is 0.651. The monoisotopic (exact) mass is 329 g/mol. The lowest BCUT2D eigenvalue weighted by Crippen LogP contribution is -2.40. The fourth-order valence-electron chi connectivity index (χ4n) is 2.75. The Labute approximate surface area is 130 Å². The maximum Gasteiger partial charge on any atom is 0.415 e. The zero-order chi connectivity index (χ0) is 16.6. The van der Waals surface area contributed by atoms with Crippen molar-refractivity contribution in [3.63, 3.8) is 0 Å². The minimum Gasteiger partial charge on any atom is -0.382 e. The number of halogens is 3. The van der Waals surface area contributed by atoms with Gasteiger partial charge in [-0.25, -0.2) is 9.50 Å². The number of anilines is 1. The molecule has 3 rings (SSSR count). The molecule has 2 atom stereocenters. The van der Waals surface area contributed by atoms with Crippen LogP contribution in [0.15, 0.2) is 18.3 Å². The first-order valence-electron chi connectivity index (χ1n) is 7.38. The fourth-order valence-corrected chi connectivity index (χ4v) is 2.75. The predicted octanol–water partition coefficient (Wildman–Crippen LogP) is 1.45. The van der Waals surface area contributed by atoms with Crippen molar-refractivity contribution < 1.29 is 18.3 Å². The molecule has 2 N–H and O–H groups in total. The molecule has 3 heterocycles. The van der Waals surface area contributed by atoms with Crippen molar-refractivity contribution in [2.75, 3.05) is 25.0 Å². The van der Waals surface area contributed by atoms with Crippen molar-refractivity contribution in [2.45, 2.75) is 31.7 Å². The molecule has 1 fully saturated rings. The van der Waals surface area contributed by atoms with Gasteiger partial charge in [0.25, 0.3) is 0 Å². The number of hydrogen-bond acceptors (Lipinski definition) is 5. The van der Waals surface area contributed by atoms with E-state index < -0.39 is 18.8 Å². The topological polar surface area (TPSA) is 65.7 Å². The van der Waals surface area contributed by atoms with Gasteiger partial charge >= 0.3 is 6.18 Å². The van der Waals surface area contributed by atoms with Crippen LogP contribution in [0, 0.1) is 6.92 Å². The number of aliphatic hydroxyl groups is 1. The lowest BCUT2D eigenvalue weighted by molar-refractivity contribution is -0.207. The van der Waals surface area contributed by atoms with E-state index in [2.05, 4.69) is 15.4 Å². The highest BCUT2D eigenvalue weighted by atomic mass is 19.4. The Morgan fingerprint density at radius 2 is 2.22 bits per heavy atom. The van der Waals surface area contributed by atoms with Gasteiger partial charge in [-0.2, -0.15) is 13.2 Å². The zero-order valence-electron chi connectivity index (χ0n) is 12.6. The first-order valence-corrected chi connectivity index (χ1v) is 7.38. The molecular weight excluding hydrogens is 311 g/mol. The second-order valence-corrected chi connectivity index (χ2v) is 5.85. The van der Waals surface area contributed by atoms with Crippen molar-refractivity contribution in [3.8, 4) is 0 Å². The molecule has 1 aliphatic heterocycles.